The predicted octanol–water partition coefficient (Wildman–Crippen LogP) is 0.495. The third-order valence-corrected chi connectivity index (χ3v) is 5.01. The molecule has 0 aromatic carbocycles. The van der Waals surface area contributed by atoms with Gasteiger partial charge in [-0.25, -0.2) is 8.42 Å². The molecule has 100 valence electrons. The Morgan fingerprint density at radius 1 is 1.41 bits per heavy atom. The molecule has 2 fully saturated rings. The molecule has 1 aliphatic carbocycles. The van der Waals surface area contributed by atoms with Crippen molar-refractivity contribution in [1.82, 2.24) is 10.2 Å². The molecule has 2 rings (SSSR count). The SMILES string of the molecule is CC1(C2CC2)CN(CCCS(C)(=O)=O)CCN1. The van der Waals surface area contributed by atoms with Gasteiger partial charge in [-0.15, -0.1) is 0 Å². The number of nitrogens with one attached hydrogen (secondary N) is 1. The molecular weight excluding hydrogens is 236 g/mol. The zero-order valence-corrected chi connectivity index (χ0v) is 11.7. The van der Waals surface area contributed by atoms with Crippen molar-refractivity contribution < 1.29 is 8.42 Å². The van der Waals surface area contributed by atoms with Crippen molar-refractivity contribution in [3.05, 3.63) is 0 Å². The van der Waals surface area contributed by atoms with E-state index in [1.54, 1.807) is 0 Å². The molecule has 17 heavy (non-hydrogen) atoms. The van der Waals surface area contributed by atoms with Crippen LogP contribution in [0.3, 0.4) is 0 Å². The van der Waals surface area contributed by atoms with Crippen molar-refractivity contribution in [2.45, 2.75) is 31.7 Å². The summed E-state index contributed by atoms with van der Waals surface area (Å²) in [4.78, 5) is 2.42. The lowest BCUT2D eigenvalue weighted by molar-refractivity contribution is 0.127. The van der Waals surface area contributed by atoms with Crippen LogP contribution in [-0.4, -0.2) is 57.0 Å². The van der Waals surface area contributed by atoms with E-state index in [1.165, 1.54) is 19.1 Å². The van der Waals surface area contributed by atoms with Crippen molar-refractivity contribution in [2.75, 3.05) is 38.2 Å². The highest BCUT2D eigenvalue weighted by Crippen LogP contribution is 2.40. The van der Waals surface area contributed by atoms with Gasteiger partial charge in [-0.1, -0.05) is 0 Å². The summed E-state index contributed by atoms with van der Waals surface area (Å²) < 4.78 is 22.2. The molecule has 0 bridgehead atoms. The Morgan fingerprint density at radius 2 is 2.12 bits per heavy atom. The van der Waals surface area contributed by atoms with Crippen LogP contribution >= 0.6 is 0 Å². The van der Waals surface area contributed by atoms with E-state index in [1.807, 2.05) is 0 Å². The topological polar surface area (TPSA) is 49.4 Å². The van der Waals surface area contributed by atoms with Crippen LogP contribution in [0.2, 0.25) is 0 Å². The van der Waals surface area contributed by atoms with E-state index in [2.05, 4.69) is 17.1 Å². The number of hydrogen-bond donors (Lipinski definition) is 1. The summed E-state index contributed by atoms with van der Waals surface area (Å²) in [5, 5.41) is 3.63. The van der Waals surface area contributed by atoms with Gasteiger partial charge >= 0.3 is 0 Å². The molecule has 1 heterocycles. The molecule has 4 nitrogen and oxygen atoms in total. The van der Waals surface area contributed by atoms with Gasteiger partial charge in [0, 0.05) is 31.4 Å². The second-order valence-corrected chi connectivity index (χ2v) is 8.14. The highest BCUT2D eigenvalue weighted by molar-refractivity contribution is 7.90. The third kappa shape index (κ3) is 3.93. The molecule has 5 heteroatoms. The minimum Gasteiger partial charge on any atom is -0.309 e. The van der Waals surface area contributed by atoms with Gasteiger partial charge in [-0.2, -0.15) is 0 Å². The first kappa shape index (κ1) is 13.3. The molecule has 0 radical (unpaired) electrons. The summed E-state index contributed by atoms with van der Waals surface area (Å²) in [5.41, 5.74) is 0.267. The Bertz CT molecular complexity index is 365. The van der Waals surface area contributed by atoms with Crippen LogP contribution in [0, 0.1) is 5.92 Å². The maximum atomic E-state index is 11.1. The predicted molar refractivity (Wildman–Crippen MR) is 69.9 cm³/mol. The molecule has 0 aromatic rings. The molecular formula is C12H24N2O2S. The van der Waals surface area contributed by atoms with E-state index >= 15 is 0 Å². The molecule has 2 aliphatic rings. The van der Waals surface area contributed by atoms with E-state index < -0.39 is 9.84 Å². The standard InChI is InChI=1S/C12H24N2O2S/c1-12(11-4-5-11)10-14(8-6-13-12)7-3-9-17(2,15)16/h11,13H,3-10H2,1-2H3. The largest absolute Gasteiger partial charge is 0.309 e. The molecule has 1 aliphatic heterocycles. The van der Waals surface area contributed by atoms with E-state index in [9.17, 15) is 8.42 Å². The smallest absolute Gasteiger partial charge is 0.147 e. The fourth-order valence-corrected chi connectivity index (χ4v) is 3.49. The zero-order chi connectivity index (χ0) is 12.5. The van der Waals surface area contributed by atoms with Gasteiger partial charge in [0.1, 0.15) is 9.84 Å². The monoisotopic (exact) mass is 260 g/mol. The first-order chi connectivity index (χ1) is 7.89. The van der Waals surface area contributed by atoms with Crippen LogP contribution in [0.4, 0.5) is 0 Å². The Kier molecular flexibility index (Phi) is 3.80. The summed E-state index contributed by atoms with van der Waals surface area (Å²) in [5.74, 6) is 1.15. The lowest BCUT2D eigenvalue weighted by atomic mass is 9.93. The summed E-state index contributed by atoms with van der Waals surface area (Å²) in [6, 6.07) is 0. The van der Waals surface area contributed by atoms with Crippen LogP contribution in [0.1, 0.15) is 26.2 Å². The number of hydrogen-bond acceptors (Lipinski definition) is 4. The van der Waals surface area contributed by atoms with Crippen LogP contribution in [0.5, 0.6) is 0 Å². The molecule has 1 unspecified atom stereocenters. The summed E-state index contributed by atoms with van der Waals surface area (Å²) in [7, 11) is -2.80. The first-order valence-corrected chi connectivity index (χ1v) is 8.60. The fourth-order valence-electron chi connectivity index (χ4n) is 2.83. The molecule has 1 atom stereocenters. The number of piperazine rings is 1. The highest BCUT2D eigenvalue weighted by atomic mass is 32.2. The molecule has 0 aromatic heterocycles. The van der Waals surface area contributed by atoms with Crippen molar-refractivity contribution in [3.63, 3.8) is 0 Å². The molecule has 1 N–H and O–H groups in total. The maximum absolute atomic E-state index is 11.1. The van der Waals surface area contributed by atoms with Crippen molar-refractivity contribution in [3.8, 4) is 0 Å². The summed E-state index contributed by atoms with van der Waals surface area (Å²) in [6.07, 6.45) is 4.78. The minimum atomic E-state index is -2.80. The lowest BCUT2D eigenvalue weighted by Gasteiger charge is -2.42. The van der Waals surface area contributed by atoms with Gasteiger partial charge in [0.25, 0.3) is 0 Å². The van der Waals surface area contributed by atoms with Gasteiger partial charge in [0.05, 0.1) is 5.75 Å². The van der Waals surface area contributed by atoms with Crippen LogP contribution in [0.15, 0.2) is 0 Å². The number of sulfone groups is 1. The van der Waals surface area contributed by atoms with Crippen LogP contribution in [-0.2, 0) is 9.84 Å². The maximum Gasteiger partial charge on any atom is 0.147 e. The third-order valence-electron chi connectivity index (χ3n) is 3.98. The van der Waals surface area contributed by atoms with Gasteiger partial charge in [0.15, 0.2) is 0 Å². The highest BCUT2D eigenvalue weighted by Gasteiger charge is 2.43. The average Bonchev–Trinajstić information content (AvgIpc) is 2.98. The van der Waals surface area contributed by atoms with Gasteiger partial charge < -0.3 is 10.2 Å². The van der Waals surface area contributed by atoms with E-state index in [4.69, 9.17) is 0 Å². The van der Waals surface area contributed by atoms with Crippen LogP contribution in [0.25, 0.3) is 0 Å². The average molecular weight is 260 g/mol. The number of rotatable bonds is 5. The molecule has 0 spiro atoms. The molecule has 1 saturated heterocycles. The number of nitrogens with zero attached hydrogens (tertiary/aromatic N) is 1. The first-order valence-electron chi connectivity index (χ1n) is 6.54. The van der Waals surface area contributed by atoms with Gasteiger partial charge in [0.2, 0.25) is 0 Å². The quantitative estimate of drug-likeness (QED) is 0.782. The van der Waals surface area contributed by atoms with Crippen molar-refractivity contribution in [2.24, 2.45) is 5.92 Å². The Balaban J connectivity index is 1.77. The summed E-state index contributed by atoms with van der Waals surface area (Å²) in [6.45, 7) is 6.38. The second-order valence-electron chi connectivity index (χ2n) is 5.88. The zero-order valence-electron chi connectivity index (χ0n) is 10.9. The van der Waals surface area contributed by atoms with Crippen LogP contribution < -0.4 is 5.32 Å². The van der Waals surface area contributed by atoms with Gasteiger partial charge in [-0.05, 0) is 38.6 Å². The molecule has 0 amide bonds. The molecule has 1 saturated carbocycles. The fraction of sp³-hybridized carbons (Fsp3) is 1.00. The lowest BCUT2D eigenvalue weighted by Crippen LogP contribution is -2.60. The van der Waals surface area contributed by atoms with Crippen molar-refractivity contribution >= 4 is 9.84 Å². The van der Waals surface area contributed by atoms with Crippen molar-refractivity contribution in [1.29, 1.82) is 0 Å². The normalized spacial score (nSPS) is 31.6. The Hall–Kier alpha value is -0.130. The summed E-state index contributed by atoms with van der Waals surface area (Å²) >= 11 is 0. The second kappa shape index (κ2) is 4.86. The van der Waals surface area contributed by atoms with E-state index in [0.29, 0.717) is 5.75 Å². The van der Waals surface area contributed by atoms with E-state index in [0.717, 1.165) is 38.5 Å². The van der Waals surface area contributed by atoms with E-state index in [-0.39, 0.29) is 5.54 Å². The Morgan fingerprint density at radius 3 is 2.71 bits per heavy atom. The minimum absolute atomic E-state index is 0.267. The van der Waals surface area contributed by atoms with Gasteiger partial charge in [-0.3, -0.25) is 0 Å². The Labute approximate surface area is 105 Å².